The Morgan fingerprint density at radius 2 is 2.38 bits per heavy atom. The van der Waals surface area contributed by atoms with Gasteiger partial charge in [0.05, 0.1) is 0 Å². The molecule has 0 unspecified atom stereocenters. The van der Waals surface area contributed by atoms with E-state index in [1.807, 2.05) is 19.3 Å². The van der Waals surface area contributed by atoms with Crippen molar-refractivity contribution in [1.29, 1.82) is 0 Å². The molecule has 1 N–H and O–H groups in total. The van der Waals surface area contributed by atoms with Crippen molar-refractivity contribution in [2.24, 2.45) is 0 Å². The molecule has 1 aromatic rings. The van der Waals surface area contributed by atoms with Crippen molar-refractivity contribution in [2.45, 2.75) is 18.5 Å². The molecule has 0 atom stereocenters. The Bertz CT molecular complexity index is 368. The van der Waals surface area contributed by atoms with Gasteiger partial charge in [0.25, 0.3) is 0 Å². The molecule has 0 saturated heterocycles. The highest BCUT2D eigenvalue weighted by Gasteiger charge is 2.02. The average molecular weight is 212 g/mol. The van der Waals surface area contributed by atoms with Crippen LogP contribution in [0.2, 0.25) is 0 Å². The summed E-state index contributed by atoms with van der Waals surface area (Å²) in [5.74, 6) is 0. The maximum Gasteiger partial charge on any atom is 0.166 e. The summed E-state index contributed by atoms with van der Waals surface area (Å²) in [5.41, 5.74) is 2.16. The molecule has 0 saturated carbocycles. The first-order chi connectivity index (χ1) is 6.19. The molecule has 0 spiro atoms. The van der Waals surface area contributed by atoms with Crippen LogP contribution in [-0.2, 0) is 6.42 Å². The van der Waals surface area contributed by atoms with Crippen molar-refractivity contribution >= 4 is 24.0 Å². The van der Waals surface area contributed by atoms with Crippen LogP contribution in [0, 0.1) is 11.6 Å². The summed E-state index contributed by atoms with van der Waals surface area (Å²) < 4.78 is 0.681. The van der Waals surface area contributed by atoms with Gasteiger partial charge in [-0.2, -0.15) is 0 Å². The third-order valence-electron chi connectivity index (χ3n) is 1.75. The van der Waals surface area contributed by atoms with Crippen LogP contribution in [0.1, 0.15) is 11.3 Å². The zero-order valence-corrected chi connectivity index (χ0v) is 9.39. The molecule has 70 valence electrons. The molecule has 0 aliphatic carbocycles. The highest BCUT2D eigenvalue weighted by molar-refractivity contribution is 7.98. The van der Waals surface area contributed by atoms with Crippen molar-refractivity contribution in [2.75, 3.05) is 6.26 Å². The van der Waals surface area contributed by atoms with E-state index in [4.69, 9.17) is 12.2 Å². The van der Waals surface area contributed by atoms with Crippen LogP contribution in [-0.4, -0.2) is 16.2 Å². The van der Waals surface area contributed by atoms with E-state index in [2.05, 4.69) is 16.5 Å². The smallest absolute Gasteiger partial charge is 0.166 e. The summed E-state index contributed by atoms with van der Waals surface area (Å²) >= 11 is 6.73. The molecule has 1 heterocycles. The SMILES string of the molecule is C=CCc1c(C)[nH]c(SC)nc1=S. The molecule has 0 aliphatic rings. The van der Waals surface area contributed by atoms with Crippen LogP contribution < -0.4 is 0 Å². The highest BCUT2D eigenvalue weighted by atomic mass is 32.2. The van der Waals surface area contributed by atoms with E-state index >= 15 is 0 Å². The van der Waals surface area contributed by atoms with Gasteiger partial charge < -0.3 is 4.98 Å². The van der Waals surface area contributed by atoms with Crippen molar-refractivity contribution in [3.8, 4) is 0 Å². The Morgan fingerprint density at radius 1 is 1.69 bits per heavy atom. The number of H-pyrrole nitrogens is 1. The minimum Gasteiger partial charge on any atom is -0.338 e. The van der Waals surface area contributed by atoms with Gasteiger partial charge in [-0.25, -0.2) is 4.98 Å². The molecule has 0 radical (unpaired) electrons. The second-order valence-corrected chi connectivity index (χ2v) is 3.83. The number of rotatable bonds is 3. The van der Waals surface area contributed by atoms with Gasteiger partial charge in [0, 0.05) is 11.3 Å². The maximum atomic E-state index is 5.17. The summed E-state index contributed by atoms with van der Waals surface area (Å²) in [6, 6.07) is 0. The van der Waals surface area contributed by atoms with Gasteiger partial charge in [0.1, 0.15) is 4.64 Å². The fourth-order valence-corrected chi connectivity index (χ4v) is 1.89. The topological polar surface area (TPSA) is 28.7 Å². The third-order valence-corrected chi connectivity index (χ3v) is 2.67. The number of hydrogen-bond acceptors (Lipinski definition) is 3. The first-order valence-corrected chi connectivity index (χ1v) is 5.57. The molecule has 4 heteroatoms. The minimum absolute atomic E-state index is 0.681. The summed E-state index contributed by atoms with van der Waals surface area (Å²) in [5, 5.41) is 0.871. The Hall–Kier alpha value is -0.610. The van der Waals surface area contributed by atoms with E-state index in [0.717, 1.165) is 22.8 Å². The molecular formula is C9H12N2S2. The zero-order chi connectivity index (χ0) is 9.84. The highest BCUT2D eigenvalue weighted by Crippen LogP contribution is 2.13. The predicted octanol–water partition coefficient (Wildman–Crippen LogP) is 2.90. The molecule has 2 nitrogen and oxygen atoms in total. The van der Waals surface area contributed by atoms with E-state index in [1.54, 1.807) is 11.8 Å². The zero-order valence-electron chi connectivity index (χ0n) is 7.76. The van der Waals surface area contributed by atoms with Crippen LogP contribution in [0.15, 0.2) is 17.8 Å². The fourth-order valence-electron chi connectivity index (χ4n) is 1.07. The maximum absolute atomic E-state index is 5.17. The van der Waals surface area contributed by atoms with Crippen LogP contribution in [0.4, 0.5) is 0 Å². The fraction of sp³-hybridized carbons (Fsp3) is 0.333. The van der Waals surface area contributed by atoms with Crippen molar-refractivity contribution in [3.63, 3.8) is 0 Å². The molecule has 0 fully saturated rings. The Balaban J connectivity index is 3.23. The van der Waals surface area contributed by atoms with Gasteiger partial charge in [-0.1, -0.05) is 30.1 Å². The first kappa shape index (κ1) is 10.5. The van der Waals surface area contributed by atoms with E-state index in [1.165, 1.54) is 0 Å². The number of aromatic nitrogens is 2. The monoisotopic (exact) mass is 212 g/mol. The number of nitrogens with zero attached hydrogens (tertiary/aromatic N) is 1. The second-order valence-electron chi connectivity index (χ2n) is 2.65. The van der Waals surface area contributed by atoms with E-state index in [-0.39, 0.29) is 0 Å². The number of aromatic amines is 1. The van der Waals surface area contributed by atoms with Gasteiger partial charge in [-0.05, 0) is 19.6 Å². The number of nitrogens with one attached hydrogen (secondary N) is 1. The van der Waals surface area contributed by atoms with Crippen molar-refractivity contribution in [1.82, 2.24) is 9.97 Å². The molecule has 0 aromatic carbocycles. The predicted molar refractivity (Wildman–Crippen MR) is 59.8 cm³/mol. The summed E-state index contributed by atoms with van der Waals surface area (Å²) in [6.07, 6.45) is 4.59. The van der Waals surface area contributed by atoms with Crippen molar-refractivity contribution in [3.05, 3.63) is 28.6 Å². The summed E-state index contributed by atoms with van der Waals surface area (Å²) in [7, 11) is 0. The third kappa shape index (κ3) is 2.42. The molecule has 0 aliphatic heterocycles. The quantitative estimate of drug-likeness (QED) is 0.361. The lowest BCUT2D eigenvalue weighted by atomic mass is 10.2. The Morgan fingerprint density at radius 3 is 2.85 bits per heavy atom. The molecule has 1 rings (SSSR count). The lowest BCUT2D eigenvalue weighted by Crippen LogP contribution is -1.97. The summed E-state index contributed by atoms with van der Waals surface area (Å²) in [6.45, 7) is 5.70. The van der Waals surface area contributed by atoms with Gasteiger partial charge >= 0.3 is 0 Å². The van der Waals surface area contributed by atoms with Crippen LogP contribution >= 0.6 is 24.0 Å². The molecule has 0 bridgehead atoms. The molecule has 0 amide bonds. The average Bonchev–Trinajstić information content (AvgIpc) is 2.11. The molecule has 1 aromatic heterocycles. The van der Waals surface area contributed by atoms with Crippen LogP contribution in [0.5, 0.6) is 0 Å². The number of allylic oxidation sites excluding steroid dienone is 1. The normalized spacial score (nSPS) is 10.0. The van der Waals surface area contributed by atoms with Crippen molar-refractivity contribution < 1.29 is 0 Å². The largest absolute Gasteiger partial charge is 0.338 e. The Kier molecular flexibility index (Phi) is 3.69. The molecular weight excluding hydrogens is 200 g/mol. The van der Waals surface area contributed by atoms with Crippen LogP contribution in [0.3, 0.4) is 0 Å². The minimum atomic E-state index is 0.681. The van der Waals surface area contributed by atoms with E-state index in [0.29, 0.717) is 4.64 Å². The second kappa shape index (κ2) is 4.58. The van der Waals surface area contributed by atoms with Gasteiger partial charge in [0.2, 0.25) is 0 Å². The van der Waals surface area contributed by atoms with Gasteiger partial charge in [-0.3, -0.25) is 0 Å². The van der Waals surface area contributed by atoms with E-state index in [9.17, 15) is 0 Å². The lowest BCUT2D eigenvalue weighted by Gasteiger charge is -2.04. The Labute approximate surface area is 87.5 Å². The van der Waals surface area contributed by atoms with E-state index < -0.39 is 0 Å². The molecule has 13 heavy (non-hydrogen) atoms. The first-order valence-electron chi connectivity index (χ1n) is 3.93. The van der Waals surface area contributed by atoms with Crippen LogP contribution in [0.25, 0.3) is 0 Å². The number of thioether (sulfide) groups is 1. The summed E-state index contributed by atoms with van der Waals surface area (Å²) in [4.78, 5) is 7.43. The number of aryl methyl sites for hydroxylation is 1. The van der Waals surface area contributed by atoms with Gasteiger partial charge in [0.15, 0.2) is 5.16 Å². The lowest BCUT2D eigenvalue weighted by molar-refractivity contribution is 0.892. The number of hydrogen-bond donors (Lipinski definition) is 1. The van der Waals surface area contributed by atoms with Gasteiger partial charge in [-0.15, -0.1) is 6.58 Å². The standard InChI is InChI=1S/C9H12N2S2/c1-4-5-7-6(2)10-9(13-3)11-8(7)12/h4H,1,5H2,2-3H3,(H,10,11,12).